The largest absolute Gasteiger partial charge is 0.507 e. The first-order valence-corrected chi connectivity index (χ1v) is 4.86. The van der Waals surface area contributed by atoms with Crippen molar-refractivity contribution in [3.63, 3.8) is 0 Å². The molecule has 0 fully saturated rings. The molecule has 0 aliphatic rings. The van der Waals surface area contributed by atoms with Crippen molar-refractivity contribution >= 4 is 12.0 Å². The van der Waals surface area contributed by atoms with E-state index < -0.39 is 0 Å². The predicted molar refractivity (Wildman–Crippen MR) is 63.3 cm³/mol. The zero-order valence-corrected chi connectivity index (χ0v) is 8.55. The number of benzene rings is 2. The summed E-state index contributed by atoms with van der Waals surface area (Å²) in [7, 11) is 0. The number of anilines is 1. The van der Waals surface area contributed by atoms with Crippen LogP contribution >= 0.6 is 0 Å². The molecule has 2 rings (SSSR count). The van der Waals surface area contributed by atoms with Crippen LogP contribution in [0.2, 0.25) is 0 Å². The van der Waals surface area contributed by atoms with Crippen molar-refractivity contribution in [3.8, 4) is 16.9 Å². The molecule has 3 N–H and O–H groups in total. The van der Waals surface area contributed by atoms with Crippen molar-refractivity contribution in [2.24, 2.45) is 0 Å². The molecule has 0 spiro atoms. The van der Waals surface area contributed by atoms with Crippen LogP contribution < -0.4 is 5.73 Å². The first-order valence-electron chi connectivity index (χ1n) is 4.86. The molecule has 0 unspecified atom stereocenters. The molecule has 2 aromatic carbocycles. The highest BCUT2D eigenvalue weighted by atomic mass is 16.3. The van der Waals surface area contributed by atoms with Crippen molar-refractivity contribution in [1.82, 2.24) is 0 Å². The first kappa shape index (κ1) is 10.2. The lowest BCUT2D eigenvalue weighted by atomic mass is 9.98. The number of nitrogens with two attached hydrogens (primary N) is 1. The molecule has 0 radical (unpaired) electrons. The number of nitrogen functional groups attached to an aromatic ring is 1. The van der Waals surface area contributed by atoms with Crippen molar-refractivity contribution in [3.05, 3.63) is 48.0 Å². The Balaban J connectivity index is 2.73. The molecule has 0 saturated carbocycles. The van der Waals surface area contributed by atoms with Gasteiger partial charge in [-0.15, -0.1) is 0 Å². The van der Waals surface area contributed by atoms with Crippen LogP contribution in [-0.2, 0) is 0 Å². The SMILES string of the molecule is Nc1ccccc1-c1c(O)cccc1C=O. The second kappa shape index (κ2) is 4.06. The van der Waals surface area contributed by atoms with E-state index in [1.807, 2.05) is 6.07 Å². The van der Waals surface area contributed by atoms with Gasteiger partial charge in [0.05, 0.1) is 0 Å². The Morgan fingerprint density at radius 3 is 2.50 bits per heavy atom. The summed E-state index contributed by atoms with van der Waals surface area (Å²) >= 11 is 0. The summed E-state index contributed by atoms with van der Waals surface area (Å²) in [4.78, 5) is 10.9. The monoisotopic (exact) mass is 213 g/mol. The molecule has 2 aromatic rings. The maximum Gasteiger partial charge on any atom is 0.150 e. The molecule has 0 saturated heterocycles. The molecule has 0 atom stereocenters. The van der Waals surface area contributed by atoms with Crippen LogP contribution in [0.4, 0.5) is 5.69 Å². The van der Waals surface area contributed by atoms with E-state index in [0.717, 1.165) is 0 Å². The van der Waals surface area contributed by atoms with Crippen LogP contribution in [0.15, 0.2) is 42.5 Å². The third kappa shape index (κ3) is 1.63. The number of carbonyl (C=O) groups excluding carboxylic acids is 1. The molecular weight excluding hydrogens is 202 g/mol. The van der Waals surface area contributed by atoms with E-state index >= 15 is 0 Å². The average Bonchev–Trinajstić information content (AvgIpc) is 2.30. The minimum Gasteiger partial charge on any atom is -0.507 e. The van der Waals surface area contributed by atoms with E-state index in [1.54, 1.807) is 30.3 Å². The molecular formula is C13H11NO2. The zero-order chi connectivity index (χ0) is 11.5. The molecule has 0 aliphatic carbocycles. The van der Waals surface area contributed by atoms with E-state index in [0.29, 0.717) is 28.7 Å². The fourth-order valence-corrected chi connectivity index (χ4v) is 1.67. The van der Waals surface area contributed by atoms with Crippen LogP contribution in [0.3, 0.4) is 0 Å². The number of carbonyl (C=O) groups is 1. The van der Waals surface area contributed by atoms with E-state index in [1.165, 1.54) is 6.07 Å². The van der Waals surface area contributed by atoms with E-state index in [-0.39, 0.29) is 5.75 Å². The molecule has 0 bridgehead atoms. The summed E-state index contributed by atoms with van der Waals surface area (Å²) in [5.41, 5.74) is 7.93. The zero-order valence-electron chi connectivity index (χ0n) is 8.55. The Labute approximate surface area is 93.1 Å². The van der Waals surface area contributed by atoms with Gasteiger partial charge >= 0.3 is 0 Å². The second-order valence-corrected chi connectivity index (χ2v) is 3.45. The van der Waals surface area contributed by atoms with Gasteiger partial charge in [-0.2, -0.15) is 0 Å². The Kier molecular flexibility index (Phi) is 2.60. The van der Waals surface area contributed by atoms with Crippen molar-refractivity contribution < 1.29 is 9.90 Å². The standard InChI is InChI=1S/C13H11NO2/c14-11-6-2-1-5-10(11)13-9(8-15)4-3-7-12(13)16/h1-8,16H,14H2. The Hall–Kier alpha value is -2.29. The van der Waals surface area contributed by atoms with Crippen LogP contribution in [0, 0.1) is 0 Å². The Morgan fingerprint density at radius 2 is 1.81 bits per heavy atom. The van der Waals surface area contributed by atoms with Gasteiger partial charge in [0.1, 0.15) is 5.75 Å². The quantitative estimate of drug-likeness (QED) is 0.595. The van der Waals surface area contributed by atoms with Gasteiger partial charge in [-0.05, 0) is 12.1 Å². The minimum absolute atomic E-state index is 0.0579. The molecule has 0 aromatic heterocycles. The molecule has 0 heterocycles. The summed E-state index contributed by atoms with van der Waals surface area (Å²) in [5, 5.41) is 9.79. The minimum atomic E-state index is 0.0579. The highest BCUT2D eigenvalue weighted by Crippen LogP contribution is 2.35. The van der Waals surface area contributed by atoms with Crippen LogP contribution in [-0.4, -0.2) is 11.4 Å². The summed E-state index contributed by atoms with van der Waals surface area (Å²) < 4.78 is 0. The van der Waals surface area contributed by atoms with Crippen LogP contribution in [0.25, 0.3) is 11.1 Å². The number of phenols is 1. The summed E-state index contributed by atoms with van der Waals surface area (Å²) in [6.07, 6.45) is 0.710. The highest BCUT2D eigenvalue weighted by Gasteiger charge is 2.11. The topological polar surface area (TPSA) is 63.3 Å². The predicted octanol–water partition coefficient (Wildman–Crippen LogP) is 2.45. The van der Waals surface area contributed by atoms with Crippen LogP contribution in [0.1, 0.15) is 10.4 Å². The number of para-hydroxylation sites is 1. The normalized spacial score (nSPS) is 10.0. The number of hydrogen-bond acceptors (Lipinski definition) is 3. The van der Waals surface area contributed by atoms with Gasteiger partial charge in [-0.25, -0.2) is 0 Å². The molecule has 3 heteroatoms. The van der Waals surface area contributed by atoms with Crippen molar-refractivity contribution in [2.45, 2.75) is 0 Å². The van der Waals surface area contributed by atoms with Crippen LogP contribution in [0.5, 0.6) is 5.75 Å². The van der Waals surface area contributed by atoms with E-state index in [2.05, 4.69) is 0 Å². The van der Waals surface area contributed by atoms with Gasteiger partial charge in [-0.1, -0.05) is 30.3 Å². The van der Waals surface area contributed by atoms with Gasteiger partial charge in [-0.3, -0.25) is 4.79 Å². The summed E-state index contributed by atoms with van der Waals surface area (Å²) in [6, 6.07) is 11.9. The molecule has 3 nitrogen and oxygen atoms in total. The maximum absolute atomic E-state index is 10.9. The molecule has 0 aliphatic heterocycles. The van der Waals surface area contributed by atoms with Gasteiger partial charge in [0.25, 0.3) is 0 Å². The highest BCUT2D eigenvalue weighted by molar-refractivity contribution is 5.93. The van der Waals surface area contributed by atoms with Crippen molar-refractivity contribution in [1.29, 1.82) is 0 Å². The number of aldehydes is 1. The molecule has 0 amide bonds. The van der Waals surface area contributed by atoms with Gasteiger partial charge in [0.15, 0.2) is 6.29 Å². The lowest BCUT2D eigenvalue weighted by Gasteiger charge is -2.09. The number of phenolic OH excluding ortho intramolecular Hbond substituents is 1. The first-order chi connectivity index (χ1) is 7.74. The molecule has 80 valence electrons. The molecule has 16 heavy (non-hydrogen) atoms. The Morgan fingerprint density at radius 1 is 1.06 bits per heavy atom. The maximum atomic E-state index is 10.9. The third-order valence-corrected chi connectivity index (χ3v) is 2.43. The van der Waals surface area contributed by atoms with Gasteiger partial charge in [0, 0.05) is 22.4 Å². The number of rotatable bonds is 2. The fraction of sp³-hybridized carbons (Fsp3) is 0. The smallest absolute Gasteiger partial charge is 0.150 e. The Bertz CT molecular complexity index is 535. The van der Waals surface area contributed by atoms with Gasteiger partial charge in [0.2, 0.25) is 0 Å². The second-order valence-electron chi connectivity index (χ2n) is 3.45. The number of hydrogen-bond donors (Lipinski definition) is 2. The fourth-order valence-electron chi connectivity index (χ4n) is 1.67. The summed E-state index contributed by atoms with van der Waals surface area (Å²) in [5.74, 6) is 0.0579. The van der Waals surface area contributed by atoms with Gasteiger partial charge < -0.3 is 10.8 Å². The lowest BCUT2D eigenvalue weighted by Crippen LogP contribution is -1.93. The third-order valence-electron chi connectivity index (χ3n) is 2.43. The van der Waals surface area contributed by atoms with E-state index in [9.17, 15) is 9.90 Å². The number of aromatic hydroxyl groups is 1. The summed E-state index contributed by atoms with van der Waals surface area (Å²) in [6.45, 7) is 0. The van der Waals surface area contributed by atoms with Crippen molar-refractivity contribution in [2.75, 3.05) is 5.73 Å². The van der Waals surface area contributed by atoms with E-state index in [4.69, 9.17) is 5.73 Å². The lowest BCUT2D eigenvalue weighted by molar-refractivity contribution is 0.112. The average molecular weight is 213 g/mol.